The maximum atomic E-state index is 12.4. The summed E-state index contributed by atoms with van der Waals surface area (Å²) in [6, 6.07) is 0. The highest BCUT2D eigenvalue weighted by Gasteiger charge is 2.25. The van der Waals surface area contributed by atoms with Crippen LogP contribution >= 0.6 is 11.6 Å². The van der Waals surface area contributed by atoms with Gasteiger partial charge in [-0.05, 0) is 0 Å². The van der Waals surface area contributed by atoms with Crippen LogP contribution in [0.25, 0.3) is 0 Å². The predicted octanol–water partition coefficient (Wildman–Crippen LogP) is 2.01. The maximum absolute atomic E-state index is 12.4. The second kappa shape index (κ2) is 5.76. The van der Waals surface area contributed by atoms with E-state index in [0.29, 0.717) is 18.1 Å². The van der Waals surface area contributed by atoms with Crippen LogP contribution in [0.15, 0.2) is 11.0 Å². The van der Waals surface area contributed by atoms with E-state index in [-0.39, 0.29) is 11.0 Å². The van der Waals surface area contributed by atoms with Crippen molar-refractivity contribution in [1.82, 2.24) is 24.6 Å². The summed E-state index contributed by atoms with van der Waals surface area (Å²) in [4.78, 5) is 22.2. The third-order valence-electron chi connectivity index (χ3n) is 4.09. The van der Waals surface area contributed by atoms with Crippen molar-refractivity contribution >= 4 is 11.6 Å². The zero-order valence-corrected chi connectivity index (χ0v) is 14.7. The molecule has 124 valence electrons. The van der Waals surface area contributed by atoms with E-state index in [4.69, 9.17) is 11.6 Å². The van der Waals surface area contributed by atoms with Crippen molar-refractivity contribution in [3.05, 3.63) is 44.3 Å². The fourth-order valence-corrected chi connectivity index (χ4v) is 3.03. The molecule has 1 aliphatic rings. The second-order valence-corrected chi connectivity index (χ2v) is 7.56. The Hall–Kier alpha value is -1.66. The van der Waals surface area contributed by atoms with Crippen molar-refractivity contribution in [1.29, 1.82) is 0 Å². The predicted molar refractivity (Wildman–Crippen MR) is 89.6 cm³/mol. The van der Waals surface area contributed by atoms with E-state index in [9.17, 15) is 4.79 Å². The van der Waals surface area contributed by atoms with Gasteiger partial charge in [0.15, 0.2) is 0 Å². The van der Waals surface area contributed by atoms with Crippen LogP contribution in [0.1, 0.15) is 43.5 Å². The number of H-pyrrole nitrogens is 1. The van der Waals surface area contributed by atoms with E-state index in [0.717, 1.165) is 35.7 Å². The van der Waals surface area contributed by atoms with Crippen LogP contribution in [0.5, 0.6) is 0 Å². The lowest BCUT2D eigenvalue weighted by Crippen LogP contribution is -2.37. The highest BCUT2D eigenvalue weighted by Crippen LogP contribution is 2.22. The molecule has 23 heavy (non-hydrogen) atoms. The Balaban J connectivity index is 1.84. The monoisotopic (exact) mass is 335 g/mol. The number of rotatable bonds is 2. The van der Waals surface area contributed by atoms with Gasteiger partial charge in [-0.25, -0.2) is 4.98 Å². The Morgan fingerprint density at radius 2 is 2.13 bits per heavy atom. The van der Waals surface area contributed by atoms with Gasteiger partial charge in [0.05, 0.1) is 22.0 Å². The molecule has 0 spiro atoms. The molecule has 0 unspecified atom stereocenters. The molecule has 0 radical (unpaired) electrons. The number of aryl methyl sites for hydroxylation is 1. The Morgan fingerprint density at radius 3 is 2.74 bits per heavy atom. The third-order valence-corrected chi connectivity index (χ3v) is 4.40. The smallest absolute Gasteiger partial charge is 0.255 e. The van der Waals surface area contributed by atoms with E-state index >= 15 is 0 Å². The quantitative estimate of drug-likeness (QED) is 0.911. The number of fused-ring (bicyclic) bond motifs is 1. The van der Waals surface area contributed by atoms with Crippen molar-refractivity contribution in [2.75, 3.05) is 6.54 Å². The molecule has 0 aliphatic carbocycles. The van der Waals surface area contributed by atoms with E-state index < -0.39 is 0 Å². The number of nitrogens with one attached hydrogen (secondary N) is 1. The summed E-state index contributed by atoms with van der Waals surface area (Å²) in [6.07, 6.45) is 2.56. The molecule has 6 nitrogen and oxygen atoms in total. The summed E-state index contributed by atoms with van der Waals surface area (Å²) in [5, 5.41) is 5.03. The zero-order chi connectivity index (χ0) is 16.8. The summed E-state index contributed by atoms with van der Waals surface area (Å²) in [5.41, 5.74) is 2.33. The molecule has 0 amide bonds. The topological polar surface area (TPSA) is 66.8 Å². The summed E-state index contributed by atoms with van der Waals surface area (Å²) >= 11 is 6.18. The molecule has 0 saturated carbocycles. The van der Waals surface area contributed by atoms with Gasteiger partial charge in [-0.2, -0.15) is 5.10 Å². The minimum atomic E-state index is -0.160. The molecule has 3 heterocycles. The highest BCUT2D eigenvalue weighted by molar-refractivity contribution is 6.31. The Labute approximate surface area is 140 Å². The molecule has 0 fully saturated rings. The average Bonchev–Trinajstić information content (AvgIpc) is 2.76. The number of aromatic amines is 1. The first-order valence-electron chi connectivity index (χ1n) is 7.77. The SMILES string of the molecule is Cn1cc(Cl)c(CN2CCc3nc(C(C)(C)C)[nH]c(=O)c3C2)n1. The lowest BCUT2D eigenvalue weighted by molar-refractivity contribution is 0.237. The van der Waals surface area contributed by atoms with Crippen LogP contribution in [-0.2, 0) is 32.0 Å². The maximum Gasteiger partial charge on any atom is 0.255 e. The Morgan fingerprint density at radius 1 is 1.39 bits per heavy atom. The van der Waals surface area contributed by atoms with Gasteiger partial charge >= 0.3 is 0 Å². The number of halogens is 1. The van der Waals surface area contributed by atoms with E-state index in [2.05, 4.69) is 40.7 Å². The zero-order valence-electron chi connectivity index (χ0n) is 14.0. The van der Waals surface area contributed by atoms with E-state index in [1.807, 2.05) is 7.05 Å². The van der Waals surface area contributed by atoms with E-state index in [1.165, 1.54) is 0 Å². The van der Waals surface area contributed by atoms with Crippen LogP contribution in [0.2, 0.25) is 5.02 Å². The Kier molecular flexibility index (Phi) is 4.06. The number of hydrogen-bond donors (Lipinski definition) is 1. The van der Waals surface area contributed by atoms with Crippen molar-refractivity contribution in [2.24, 2.45) is 7.05 Å². The van der Waals surface area contributed by atoms with Gasteiger partial charge in [-0.3, -0.25) is 14.4 Å². The summed E-state index contributed by atoms with van der Waals surface area (Å²) in [6.45, 7) is 8.22. The Bertz CT molecular complexity index is 787. The molecular formula is C16H22ClN5O. The molecule has 0 aromatic carbocycles. The molecule has 7 heteroatoms. The van der Waals surface area contributed by atoms with Crippen LogP contribution in [-0.4, -0.2) is 31.2 Å². The minimum absolute atomic E-state index is 0.0308. The third kappa shape index (κ3) is 3.33. The first-order valence-corrected chi connectivity index (χ1v) is 8.15. The number of hydrogen-bond acceptors (Lipinski definition) is 4. The van der Waals surface area contributed by atoms with Gasteiger partial charge in [0.25, 0.3) is 5.56 Å². The van der Waals surface area contributed by atoms with Gasteiger partial charge < -0.3 is 4.98 Å². The second-order valence-electron chi connectivity index (χ2n) is 7.15. The van der Waals surface area contributed by atoms with Gasteiger partial charge in [0, 0.05) is 44.7 Å². The average molecular weight is 336 g/mol. The van der Waals surface area contributed by atoms with Crippen molar-refractivity contribution in [3.63, 3.8) is 0 Å². The normalized spacial score (nSPS) is 15.7. The number of aromatic nitrogens is 4. The van der Waals surface area contributed by atoms with Crippen LogP contribution < -0.4 is 5.56 Å². The molecule has 0 saturated heterocycles. The van der Waals surface area contributed by atoms with Crippen LogP contribution in [0.4, 0.5) is 0 Å². The molecule has 1 aliphatic heterocycles. The van der Waals surface area contributed by atoms with Gasteiger partial charge in [-0.1, -0.05) is 32.4 Å². The largest absolute Gasteiger partial charge is 0.310 e. The summed E-state index contributed by atoms with van der Waals surface area (Å²) < 4.78 is 1.71. The van der Waals surface area contributed by atoms with E-state index in [1.54, 1.807) is 10.9 Å². The van der Waals surface area contributed by atoms with Gasteiger partial charge in [0.2, 0.25) is 0 Å². The van der Waals surface area contributed by atoms with Gasteiger partial charge in [-0.15, -0.1) is 0 Å². The fraction of sp³-hybridized carbons (Fsp3) is 0.562. The van der Waals surface area contributed by atoms with Crippen LogP contribution in [0.3, 0.4) is 0 Å². The minimum Gasteiger partial charge on any atom is -0.310 e. The molecule has 0 bridgehead atoms. The molecule has 0 atom stereocenters. The molecular weight excluding hydrogens is 314 g/mol. The molecule has 2 aromatic rings. The van der Waals surface area contributed by atoms with Crippen molar-refractivity contribution < 1.29 is 0 Å². The lowest BCUT2D eigenvalue weighted by Gasteiger charge is -2.28. The number of nitrogens with zero attached hydrogens (tertiary/aromatic N) is 4. The fourth-order valence-electron chi connectivity index (χ4n) is 2.80. The summed E-state index contributed by atoms with van der Waals surface area (Å²) in [5.74, 6) is 0.752. The highest BCUT2D eigenvalue weighted by atomic mass is 35.5. The standard InChI is InChI=1S/C16H22ClN5O/c1-16(2,3)15-18-12-5-6-22(7-10(12)14(23)19-15)9-13-11(17)8-21(4)20-13/h8H,5-7,9H2,1-4H3,(H,18,19,23). The first kappa shape index (κ1) is 16.2. The first-order chi connectivity index (χ1) is 10.7. The van der Waals surface area contributed by atoms with Crippen LogP contribution in [0, 0.1) is 0 Å². The lowest BCUT2D eigenvalue weighted by atomic mass is 9.95. The van der Waals surface area contributed by atoms with Crippen molar-refractivity contribution in [2.45, 2.75) is 45.7 Å². The summed E-state index contributed by atoms with van der Waals surface area (Å²) in [7, 11) is 1.85. The molecule has 1 N–H and O–H groups in total. The van der Waals surface area contributed by atoms with Crippen molar-refractivity contribution in [3.8, 4) is 0 Å². The molecule has 3 rings (SSSR count). The van der Waals surface area contributed by atoms with Gasteiger partial charge in [0.1, 0.15) is 5.82 Å². The molecule has 2 aromatic heterocycles.